The van der Waals surface area contributed by atoms with E-state index in [1.807, 2.05) is 12.1 Å². The number of benzene rings is 7. The predicted octanol–water partition coefficient (Wildman–Crippen LogP) is 11.5. The highest BCUT2D eigenvalue weighted by molar-refractivity contribution is 6.26. The molecule has 1 nitrogen and oxygen atoms in total. The standard InChI is InChI=1S/C41H28O/c1-41(2)33-21-9-7-17-29(33)39-31(19-11-22-34(39)41)37-25-13-3-5-15-27(25)38(28-16-6-4-14-26(28)37)32-20-12-24-36-40(32)30-18-8-10-23-35(30)42-36/h3-24H,1-2H3/i3D,4D,5D,6D,7D,9D,11D,13D,14D,15D,16D,17D,19D,21D. The van der Waals surface area contributed by atoms with Crippen LogP contribution in [0.5, 0.6) is 0 Å². The van der Waals surface area contributed by atoms with Crippen LogP contribution in [0.15, 0.2) is 138 Å². The zero-order chi connectivity index (χ0) is 40.2. The Morgan fingerprint density at radius 2 is 1.07 bits per heavy atom. The second-order valence-corrected chi connectivity index (χ2v) is 11.0. The van der Waals surface area contributed by atoms with Crippen LogP contribution in [0.1, 0.15) is 44.2 Å². The molecule has 0 atom stereocenters. The molecule has 42 heavy (non-hydrogen) atoms. The summed E-state index contributed by atoms with van der Waals surface area (Å²) in [5.41, 5.74) is 0.668. The second kappa shape index (κ2) is 8.44. The van der Waals surface area contributed by atoms with Crippen LogP contribution in [0.25, 0.3) is 76.9 Å². The van der Waals surface area contributed by atoms with Crippen molar-refractivity contribution in [3.63, 3.8) is 0 Å². The lowest BCUT2D eigenvalue weighted by Gasteiger charge is -2.22. The fraction of sp³-hybridized carbons (Fsp3) is 0.0732. The molecule has 0 aliphatic heterocycles. The van der Waals surface area contributed by atoms with Crippen molar-refractivity contribution in [2.45, 2.75) is 19.3 Å². The number of rotatable bonds is 2. The summed E-state index contributed by atoms with van der Waals surface area (Å²) in [7, 11) is 0. The molecule has 0 saturated heterocycles. The maximum Gasteiger partial charge on any atom is 0.136 e. The number of para-hydroxylation sites is 1. The van der Waals surface area contributed by atoms with Gasteiger partial charge in [-0.2, -0.15) is 0 Å². The largest absolute Gasteiger partial charge is 0.456 e. The van der Waals surface area contributed by atoms with Crippen molar-refractivity contribution in [2.75, 3.05) is 0 Å². The first kappa shape index (κ1) is 13.7. The quantitative estimate of drug-likeness (QED) is 0.195. The summed E-state index contributed by atoms with van der Waals surface area (Å²) < 4.78 is 133. The lowest BCUT2D eigenvalue weighted by Crippen LogP contribution is -2.14. The molecule has 1 heterocycles. The number of hydrogen-bond acceptors (Lipinski definition) is 1. The Morgan fingerprint density at radius 3 is 1.81 bits per heavy atom. The van der Waals surface area contributed by atoms with E-state index in [1.54, 1.807) is 44.2 Å². The van der Waals surface area contributed by atoms with Gasteiger partial charge in [0.2, 0.25) is 0 Å². The Hall–Kier alpha value is -5.14. The summed E-state index contributed by atoms with van der Waals surface area (Å²) in [6.07, 6.45) is 0. The van der Waals surface area contributed by atoms with Gasteiger partial charge in [0.1, 0.15) is 11.2 Å². The smallest absolute Gasteiger partial charge is 0.136 e. The number of hydrogen-bond donors (Lipinski definition) is 0. The molecule has 1 heteroatoms. The van der Waals surface area contributed by atoms with Gasteiger partial charge in [0.25, 0.3) is 0 Å². The lowest BCUT2D eigenvalue weighted by atomic mass is 9.80. The van der Waals surface area contributed by atoms with Gasteiger partial charge >= 0.3 is 0 Å². The minimum absolute atomic E-state index is 0.0428. The van der Waals surface area contributed by atoms with Gasteiger partial charge in [-0.05, 0) is 78.2 Å². The first-order valence-electron chi connectivity index (χ1n) is 20.6. The SMILES string of the molecule is [2H]c1cc2c(c(-c3c4c([2H])c([2H])c([2H])c([2H])c4c(-c4cccc5oc6ccccc6c45)c4c([2H])c([2H])c([2H])c([2H])c34)c1[2H])-c1c([2H])c([2H])c([2H])c([2H])c1C2(C)C. The third-order valence-electron chi connectivity index (χ3n) is 8.47. The van der Waals surface area contributed by atoms with E-state index in [1.165, 1.54) is 6.07 Å². The Labute approximate surface area is 264 Å². The van der Waals surface area contributed by atoms with Gasteiger partial charge in [0.05, 0.1) is 19.2 Å². The molecule has 1 aliphatic rings. The highest BCUT2D eigenvalue weighted by Crippen LogP contribution is 2.54. The van der Waals surface area contributed by atoms with Crippen molar-refractivity contribution >= 4 is 43.5 Å². The van der Waals surface area contributed by atoms with E-state index in [0.717, 1.165) is 0 Å². The predicted molar refractivity (Wildman–Crippen MR) is 177 cm³/mol. The molecular formula is C41H28O. The first-order valence-corrected chi connectivity index (χ1v) is 13.6. The summed E-state index contributed by atoms with van der Waals surface area (Å²) >= 11 is 0. The first-order chi connectivity index (χ1) is 26.4. The van der Waals surface area contributed by atoms with E-state index in [9.17, 15) is 6.85 Å². The van der Waals surface area contributed by atoms with E-state index < -0.39 is 77.9 Å². The minimum Gasteiger partial charge on any atom is -0.456 e. The molecule has 0 fully saturated rings. The van der Waals surface area contributed by atoms with Gasteiger partial charge in [-0.1, -0.05) is 135 Å². The highest BCUT2D eigenvalue weighted by Gasteiger charge is 2.37. The Balaban J connectivity index is 1.65. The van der Waals surface area contributed by atoms with Crippen LogP contribution in [0.3, 0.4) is 0 Å². The molecule has 1 aromatic heterocycles. The lowest BCUT2D eigenvalue weighted by molar-refractivity contribution is 0.660. The minimum atomic E-state index is -1.15. The van der Waals surface area contributed by atoms with Gasteiger partial charge in [-0.3, -0.25) is 0 Å². The van der Waals surface area contributed by atoms with E-state index >= 15 is 0 Å². The van der Waals surface area contributed by atoms with Crippen LogP contribution >= 0.6 is 0 Å². The molecule has 7 aromatic carbocycles. The highest BCUT2D eigenvalue weighted by atomic mass is 16.3. The van der Waals surface area contributed by atoms with Crippen molar-refractivity contribution in [3.05, 3.63) is 144 Å². The average molecular weight is 551 g/mol. The van der Waals surface area contributed by atoms with Crippen LogP contribution in [-0.2, 0) is 5.41 Å². The summed E-state index contributed by atoms with van der Waals surface area (Å²) in [5.74, 6) is 0. The summed E-state index contributed by atoms with van der Waals surface area (Å²) in [5, 5.41) is 0.643. The Bertz CT molecular complexity index is 3080. The Morgan fingerprint density at radius 1 is 0.476 bits per heavy atom. The molecule has 0 saturated carbocycles. The van der Waals surface area contributed by atoms with Gasteiger partial charge in [-0.25, -0.2) is 0 Å². The normalized spacial score (nSPS) is 18.3. The molecular weight excluding hydrogens is 508 g/mol. The molecule has 0 unspecified atom stereocenters. The Kier molecular flexibility index (Phi) is 2.75. The van der Waals surface area contributed by atoms with Crippen molar-refractivity contribution in [1.82, 2.24) is 0 Å². The number of furan rings is 1. The fourth-order valence-electron chi connectivity index (χ4n) is 6.62. The molecule has 198 valence electrons. The molecule has 0 bridgehead atoms. The molecule has 9 rings (SSSR count). The molecule has 8 aromatic rings. The maximum absolute atomic E-state index is 9.50. The van der Waals surface area contributed by atoms with Crippen LogP contribution in [0.4, 0.5) is 0 Å². The second-order valence-electron chi connectivity index (χ2n) is 11.0. The zero-order valence-corrected chi connectivity index (χ0v) is 22.5. The average Bonchev–Trinajstić information content (AvgIpc) is 3.67. The van der Waals surface area contributed by atoms with Crippen LogP contribution < -0.4 is 0 Å². The van der Waals surface area contributed by atoms with Gasteiger partial charge in [-0.15, -0.1) is 0 Å². The van der Waals surface area contributed by atoms with E-state index in [4.69, 9.17) is 16.8 Å². The van der Waals surface area contributed by atoms with Crippen LogP contribution in [0, 0.1) is 0 Å². The molecule has 0 N–H and O–H groups in total. The monoisotopic (exact) mass is 550 g/mol. The van der Waals surface area contributed by atoms with E-state index in [2.05, 4.69) is 0 Å². The van der Waals surface area contributed by atoms with Crippen molar-refractivity contribution in [2.24, 2.45) is 0 Å². The van der Waals surface area contributed by atoms with Crippen molar-refractivity contribution in [1.29, 1.82) is 0 Å². The summed E-state index contributed by atoms with van der Waals surface area (Å²) in [6, 6.07) is 6.57. The van der Waals surface area contributed by atoms with E-state index in [-0.39, 0.29) is 67.0 Å². The molecule has 0 radical (unpaired) electrons. The topological polar surface area (TPSA) is 13.1 Å². The third kappa shape index (κ3) is 3.03. The van der Waals surface area contributed by atoms with Crippen LogP contribution in [0.2, 0.25) is 0 Å². The van der Waals surface area contributed by atoms with Crippen LogP contribution in [-0.4, -0.2) is 0 Å². The molecule has 1 aliphatic carbocycles. The van der Waals surface area contributed by atoms with Crippen molar-refractivity contribution < 1.29 is 23.6 Å². The molecule has 0 amide bonds. The van der Waals surface area contributed by atoms with Gasteiger partial charge in [0.15, 0.2) is 0 Å². The van der Waals surface area contributed by atoms with Gasteiger partial charge < -0.3 is 4.42 Å². The number of fused-ring (bicyclic) bond motifs is 8. The molecule has 0 spiro atoms. The van der Waals surface area contributed by atoms with Gasteiger partial charge in [0, 0.05) is 16.2 Å². The van der Waals surface area contributed by atoms with Crippen molar-refractivity contribution in [3.8, 4) is 33.4 Å². The zero-order valence-electron chi connectivity index (χ0n) is 36.5. The third-order valence-corrected chi connectivity index (χ3v) is 8.47. The maximum atomic E-state index is 9.50. The summed E-state index contributed by atoms with van der Waals surface area (Å²) in [4.78, 5) is 0. The summed E-state index contributed by atoms with van der Waals surface area (Å²) in [6.45, 7) is 3.47. The van der Waals surface area contributed by atoms with E-state index in [0.29, 0.717) is 33.1 Å². The fourth-order valence-corrected chi connectivity index (χ4v) is 6.62.